The van der Waals surface area contributed by atoms with Gasteiger partial charge in [0.05, 0.1) is 30.9 Å². The minimum Gasteiger partial charge on any atom is -0.507 e. The number of aryl methyl sites for hydroxylation is 1. The van der Waals surface area contributed by atoms with Gasteiger partial charge in [-0.3, -0.25) is 9.59 Å². The highest BCUT2D eigenvalue weighted by molar-refractivity contribution is 6.46. The average Bonchev–Trinajstić information content (AvgIpc) is 3.04. The lowest BCUT2D eigenvalue weighted by Crippen LogP contribution is -2.32. The number of aromatic hydroxyl groups is 1. The van der Waals surface area contributed by atoms with E-state index in [1.54, 1.807) is 37.3 Å². The molecule has 1 fully saturated rings. The lowest BCUT2D eigenvalue weighted by molar-refractivity contribution is -0.140. The highest BCUT2D eigenvalue weighted by atomic mass is 16.5. The molecule has 0 aliphatic carbocycles. The number of aliphatic hydroxyl groups is 1. The molecule has 1 amide bonds. The molecule has 8 heteroatoms. The Morgan fingerprint density at radius 3 is 2.47 bits per heavy atom. The van der Waals surface area contributed by atoms with Gasteiger partial charge in [-0.2, -0.15) is 0 Å². The third kappa shape index (κ3) is 5.02. The second-order valence-corrected chi connectivity index (χ2v) is 8.29. The Balaban J connectivity index is 2.15. The van der Waals surface area contributed by atoms with Crippen molar-refractivity contribution in [2.45, 2.75) is 39.8 Å². The molecule has 1 heterocycles. The summed E-state index contributed by atoms with van der Waals surface area (Å²) in [6.07, 6.45) is -0.0155. The zero-order valence-electron chi connectivity index (χ0n) is 20.1. The number of hydrogen-bond donors (Lipinski definition) is 2. The van der Waals surface area contributed by atoms with Crippen molar-refractivity contribution in [2.75, 3.05) is 26.9 Å². The first-order valence-electron chi connectivity index (χ1n) is 11.2. The van der Waals surface area contributed by atoms with Gasteiger partial charge in [-0.05, 0) is 69.2 Å². The van der Waals surface area contributed by atoms with Gasteiger partial charge in [0.2, 0.25) is 0 Å². The van der Waals surface area contributed by atoms with E-state index < -0.39 is 17.7 Å². The zero-order valence-corrected chi connectivity index (χ0v) is 20.1. The van der Waals surface area contributed by atoms with Gasteiger partial charge in [-0.15, -0.1) is 0 Å². The number of rotatable bonds is 9. The molecule has 2 N–H and O–H groups in total. The Morgan fingerprint density at radius 2 is 1.85 bits per heavy atom. The van der Waals surface area contributed by atoms with Crippen molar-refractivity contribution in [3.8, 4) is 17.2 Å². The molecular formula is C26H31NO7. The molecule has 2 aromatic rings. The fraction of sp³-hybridized carbons (Fsp3) is 0.385. The number of amides is 1. The molecule has 0 aromatic heterocycles. The zero-order chi connectivity index (χ0) is 25.0. The number of carbonyl (C=O) groups excluding carboxylic acids is 2. The van der Waals surface area contributed by atoms with Crippen molar-refractivity contribution >= 4 is 17.4 Å². The van der Waals surface area contributed by atoms with Gasteiger partial charge in [-0.25, -0.2) is 0 Å². The summed E-state index contributed by atoms with van der Waals surface area (Å²) >= 11 is 0. The van der Waals surface area contributed by atoms with E-state index in [4.69, 9.17) is 14.2 Å². The van der Waals surface area contributed by atoms with Crippen molar-refractivity contribution in [3.05, 3.63) is 58.7 Å². The number of benzene rings is 2. The first-order valence-corrected chi connectivity index (χ1v) is 11.2. The number of ether oxygens (including phenoxy) is 3. The maximum Gasteiger partial charge on any atom is 0.295 e. The first kappa shape index (κ1) is 25.1. The first-order chi connectivity index (χ1) is 16.2. The second-order valence-electron chi connectivity index (χ2n) is 8.29. The molecule has 0 radical (unpaired) electrons. The third-order valence-corrected chi connectivity index (χ3v) is 5.49. The molecule has 0 unspecified atom stereocenters. The third-order valence-electron chi connectivity index (χ3n) is 5.49. The van der Waals surface area contributed by atoms with Crippen molar-refractivity contribution in [2.24, 2.45) is 0 Å². The molecule has 34 heavy (non-hydrogen) atoms. The number of likely N-dealkylation sites (tertiary alicyclic amines) is 1. The van der Waals surface area contributed by atoms with Gasteiger partial charge >= 0.3 is 0 Å². The average molecular weight is 470 g/mol. The Bertz CT molecular complexity index is 1110. The van der Waals surface area contributed by atoms with E-state index in [0.29, 0.717) is 23.5 Å². The lowest BCUT2D eigenvalue weighted by atomic mass is 9.94. The normalized spacial score (nSPS) is 17.5. The number of carbonyl (C=O) groups is 2. The fourth-order valence-corrected chi connectivity index (χ4v) is 3.96. The number of phenols is 1. The van der Waals surface area contributed by atoms with E-state index in [2.05, 4.69) is 0 Å². The van der Waals surface area contributed by atoms with Gasteiger partial charge in [0.1, 0.15) is 11.5 Å². The Kier molecular flexibility index (Phi) is 7.83. The van der Waals surface area contributed by atoms with Crippen LogP contribution in [0.3, 0.4) is 0 Å². The maximum absolute atomic E-state index is 13.1. The van der Waals surface area contributed by atoms with Crippen molar-refractivity contribution in [1.29, 1.82) is 0 Å². The van der Waals surface area contributed by atoms with Gasteiger partial charge in [0.15, 0.2) is 11.5 Å². The molecule has 1 aliphatic rings. The van der Waals surface area contributed by atoms with Crippen LogP contribution in [0, 0.1) is 6.92 Å². The molecule has 182 valence electrons. The van der Waals surface area contributed by atoms with Crippen molar-refractivity contribution in [1.82, 2.24) is 4.90 Å². The van der Waals surface area contributed by atoms with Crippen LogP contribution in [0.25, 0.3) is 5.76 Å². The molecule has 0 spiro atoms. The summed E-state index contributed by atoms with van der Waals surface area (Å²) in [5, 5.41) is 21.4. The smallest absolute Gasteiger partial charge is 0.295 e. The van der Waals surface area contributed by atoms with Gasteiger partial charge < -0.3 is 29.3 Å². The fourth-order valence-electron chi connectivity index (χ4n) is 3.96. The van der Waals surface area contributed by atoms with E-state index in [9.17, 15) is 19.8 Å². The van der Waals surface area contributed by atoms with Gasteiger partial charge in [-0.1, -0.05) is 6.07 Å². The molecule has 3 rings (SSSR count). The summed E-state index contributed by atoms with van der Waals surface area (Å²) in [5.41, 5.74) is 1.67. The van der Waals surface area contributed by atoms with Crippen LogP contribution in [0.1, 0.15) is 43.5 Å². The quantitative estimate of drug-likeness (QED) is 0.325. The van der Waals surface area contributed by atoms with Crippen LogP contribution in [-0.2, 0) is 14.3 Å². The molecule has 0 saturated carbocycles. The van der Waals surface area contributed by atoms with E-state index in [1.807, 2.05) is 20.8 Å². The number of phenolic OH excluding ortho intramolecular Hbond substituents is 1. The summed E-state index contributed by atoms with van der Waals surface area (Å²) in [5.74, 6) is -0.966. The Hall–Kier alpha value is -3.52. The summed E-state index contributed by atoms with van der Waals surface area (Å²) in [7, 11) is 1.50. The van der Waals surface area contributed by atoms with Crippen LogP contribution < -0.4 is 9.47 Å². The van der Waals surface area contributed by atoms with Crippen LogP contribution in [0.4, 0.5) is 0 Å². The van der Waals surface area contributed by atoms with Crippen LogP contribution in [0.15, 0.2) is 42.0 Å². The molecule has 0 bridgehead atoms. The summed E-state index contributed by atoms with van der Waals surface area (Å²) in [4.78, 5) is 27.4. The topological polar surface area (TPSA) is 106 Å². The monoisotopic (exact) mass is 469 g/mol. The second kappa shape index (κ2) is 10.6. The predicted molar refractivity (Wildman–Crippen MR) is 127 cm³/mol. The number of Topliss-reactive ketones (excluding diaryl/α,β-unsaturated/α-hetero) is 1. The predicted octanol–water partition coefficient (Wildman–Crippen LogP) is 3.95. The van der Waals surface area contributed by atoms with Crippen LogP contribution >= 0.6 is 0 Å². The molecule has 2 aromatic carbocycles. The summed E-state index contributed by atoms with van der Waals surface area (Å²) in [6.45, 7) is 8.15. The molecule has 1 atom stereocenters. The maximum atomic E-state index is 13.1. The van der Waals surface area contributed by atoms with E-state index in [-0.39, 0.29) is 42.1 Å². The number of aliphatic hydroxyl groups excluding tert-OH is 1. The van der Waals surface area contributed by atoms with E-state index in [1.165, 1.54) is 18.1 Å². The van der Waals surface area contributed by atoms with Gasteiger partial charge in [0.25, 0.3) is 11.7 Å². The Labute approximate surface area is 199 Å². The number of nitrogens with zero attached hydrogens (tertiary/aromatic N) is 1. The SMILES string of the molecule is CCOc1cc([C@H]2C(=C(O)c3ccc(OC(C)C)c(C)c3)C(=O)C(=O)N2CCOC)ccc1O. The Morgan fingerprint density at radius 1 is 1.12 bits per heavy atom. The minimum absolute atomic E-state index is 0.0155. The number of hydrogen-bond acceptors (Lipinski definition) is 7. The minimum atomic E-state index is -0.873. The van der Waals surface area contributed by atoms with Crippen molar-refractivity contribution in [3.63, 3.8) is 0 Å². The number of methoxy groups -OCH3 is 1. The van der Waals surface area contributed by atoms with E-state index in [0.717, 1.165) is 5.56 Å². The molecule has 1 aliphatic heterocycles. The molecule has 8 nitrogen and oxygen atoms in total. The summed E-state index contributed by atoms with van der Waals surface area (Å²) in [6, 6.07) is 8.85. The highest BCUT2D eigenvalue weighted by Gasteiger charge is 2.46. The largest absolute Gasteiger partial charge is 0.507 e. The van der Waals surface area contributed by atoms with Crippen LogP contribution in [-0.4, -0.2) is 59.8 Å². The van der Waals surface area contributed by atoms with Gasteiger partial charge in [0, 0.05) is 19.2 Å². The van der Waals surface area contributed by atoms with Crippen LogP contribution in [0.5, 0.6) is 17.2 Å². The molecule has 1 saturated heterocycles. The molecular weight excluding hydrogens is 438 g/mol. The summed E-state index contributed by atoms with van der Waals surface area (Å²) < 4.78 is 16.4. The van der Waals surface area contributed by atoms with Crippen LogP contribution in [0.2, 0.25) is 0 Å². The van der Waals surface area contributed by atoms with Crippen molar-refractivity contribution < 1.29 is 34.0 Å². The lowest BCUT2D eigenvalue weighted by Gasteiger charge is -2.25. The standard InChI is InChI=1S/C26H31NO7/c1-6-33-21-14-17(7-9-19(21)28)23-22(25(30)26(31)27(23)11-12-32-5)24(29)18-8-10-20(16(4)13-18)34-15(2)3/h7-10,13-15,23,28-29H,6,11-12H2,1-5H3/t23-/m0/s1. The highest BCUT2D eigenvalue weighted by Crippen LogP contribution is 2.42. The van der Waals surface area contributed by atoms with E-state index >= 15 is 0 Å². The number of ketones is 1.